The van der Waals surface area contributed by atoms with Gasteiger partial charge in [0.1, 0.15) is 5.75 Å². The summed E-state index contributed by atoms with van der Waals surface area (Å²) in [5, 5.41) is 16.5. The number of phenols is 1. The standard InChI is InChI=1S/C22H32NOP/c1-14(2)23-13-17-10-8-9-15(3)21(17)25-19-12-18(22(5,6)7)11-16(4)20(19)24/h8-12,14,23-25H,13H2,1-7H3. The van der Waals surface area contributed by atoms with Crippen LogP contribution in [0, 0.1) is 13.8 Å². The lowest BCUT2D eigenvalue weighted by molar-refractivity contribution is 0.474. The Bertz CT molecular complexity index is 744. The largest absolute Gasteiger partial charge is 0.507 e. The van der Waals surface area contributed by atoms with Gasteiger partial charge in [-0.1, -0.05) is 67.5 Å². The maximum absolute atomic E-state index is 10.6. The molecule has 1 atom stereocenters. The number of hydrogen-bond donors (Lipinski definition) is 2. The van der Waals surface area contributed by atoms with E-state index in [0.29, 0.717) is 20.4 Å². The third-order valence-corrected chi connectivity index (χ3v) is 6.10. The normalized spacial score (nSPS) is 12.5. The van der Waals surface area contributed by atoms with Crippen LogP contribution in [0.2, 0.25) is 0 Å². The van der Waals surface area contributed by atoms with Gasteiger partial charge in [0.25, 0.3) is 0 Å². The van der Waals surface area contributed by atoms with Gasteiger partial charge in [0.2, 0.25) is 0 Å². The third kappa shape index (κ3) is 5.06. The van der Waals surface area contributed by atoms with Crippen LogP contribution < -0.4 is 15.9 Å². The highest BCUT2D eigenvalue weighted by Crippen LogP contribution is 2.30. The zero-order chi connectivity index (χ0) is 18.8. The van der Waals surface area contributed by atoms with Crippen molar-refractivity contribution in [3.8, 4) is 5.75 Å². The average Bonchev–Trinajstić information content (AvgIpc) is 2.50. The van der Waals surface area contributed by atoms with Crippen molar-refractivity contribution < 1.29 is 5.11 Å². The number of nitrogens with one attached hydrogen (secondary N) is 1. The summed E-state index contributed by atoms with van der Waals surface area (Å²) in [6.45, 7) is 16.0. The van der Waals surface area contributed by atoms with Gasteiger partial charge in [0, 0.05) is 17.9 Å². The van der Waals surface area contributed by atoms with E-state index >= 15 is 0 Å². The van der Waals surface area contributed by atoms with Crippen molar-refractivity contribution in [2.45, 2.75) is 66.5 Å². The van der Waals surface area contributed by atoms with E-state index in [9.17, 15) is 5.11 Å². The predicted octanol–water partition coefficient (Wildman–Crippen LogP) is 4.43. The number of aryl methyl sites for hydroxylation is 2. The van der Waals surface area contributed by atoms with Gasteiger partial charge in [-0.15, -0.1) is 0 Å². The minimum atomic E-state index is 0.0749. The van der Waals surface area contributed by atoms with Gasteiger partial charge in [-0.25, -0.2) is 0 Å². The van der Waals surface area contributed by atoms with Crippen LogP contribution in [0.3, 0.4) is 0 Å². The molecule has 0 spiro atoms. The molecule has 2 aromatic rings. The summed E-state index contributed by atoms with van der Waals surface area (Å²) in [7, 11) is 0.459. The Labute approximate surface area is 154 Å². The molecular formula is C22H32NOP. The molecular weight excluding hydrogens is 325 g/mol. The highest BCUT2D eigenvalue weighted by Gasteiger charge is 2.18. The SMILES string of the molecule is Cc1cc(C(C)(C)C)cc(Pc2c(C)cccc2CNC(C)C)c1O. The Morgan fingerprint density at radius 1 is 1.08 bits per heavy atom. The lowest BCUT2D eigenvalue weighted by Gasteiger charge is -2.22. The number of phenolic OH excluding ortho intramolecular Hbond substituents is 1. The van der Waals surface area contributed by atoms with Crippen LogP contribution in [0.4, 0.5) is 0 Å². The van der Waals surface area contributed by atoms with Crippen molar-refractivity contribution in [2.75, 3.05) is 0 Å². The van der Waals surface area contributed by atoms with Crippen LogP contribution in [0.15, 0.2) is 30.3 Å². The number of benzene rings is 2. The summed E-state index contributed by atoms with van der Waals surface area (Å²) >= 11 is 0. The molecule has 2 N–H and O–H groups in total. The van der Waals surface area contributed by atoms with Crippen LogP contribution in [0.5, 0.6) is 5.75 Å². The van der Waals surface area contributed by atoms with Gasteiger partial charge in [-0.05, 0) is 52.9 Å². The first-order valence-corrected chi connectivity index (χ1v) is 10.0. The van der Waals surface area contributed by atoms with E-state index in [0.717, 1.165) is 17.4 Å². The smallest absolute Gasteiger partial charge is 0.126 e. The van der Waals surface area contributed by atoms with E-state index in [4.69, 9.17) is 0 Å². The van der Waals surface area contributed by atoms with Crippen molar-refractivity contribution in [1.29, 1.82) is 0 Å². The van der Waals surface area contributed by atoms with E-state index in [2.05, 4.69) is 77.2 Å². The van der Waals surface area contributed by atoms with Crippen molar-refractivity contribution in [2.24, 2.45) is 0 Å². The summed E-state index contributed by atoms with van der Waals surface area (Å²) in [6.07, 6.45) is 0. The third-order valence-electron chi connectivity index (χ3n) is 4.49. The minimum absolute atomic E-state index is 0.0749. The molecule has 136 valence electrons. The zero-order valence-electron chi connectivity index (χ0n) is 16.6. The van der Waals surface area contributed by atoms with Crippen LogP contribution in [-0.2, 0) is 12.0 Å². The van der Waals surface area contributed by atoms with E-state index in [1.54, 1.807) is 0 Å². The number of hydrogen-bond acceptors (Lipinski definition) is 2. The molecule has 0 amide bonds. The molecule has 0 heterocycles. The molecule has 0 aromatic heterocycles. The number of rotatable bonds is 5. The quantitative estimate of drug-likeness (QED) is 0.776. The molecule has 25 heavy (non-hydrogen) atoms. The highest BCUT2D eigenvalue weighted by molar-refractivity contribution is 7.56. The minimum Gasteiger partial charge on any atom is -0.507 e. The summed E-state index contributed by atoms with van der Waals surface area (Å²) in [5.41, 5.74) is 4.93. The lowest BCUT2D eigenvalue weighted by atomic mass is 9.86. The summed E-state index contributed by atoms with van der Waals surface area (Å²) in [6, 6.07) is 11.2. The summed E-state index contributed by atoms with van der Waals surface area (Å²) in [4.78, 5) is 0. The summed E-state index contributed by atoms with van der Waals surface area (Å²) in [5.74, 6) is 0.442. The first kappa shape index (κ1) is 19.9. The van der Waals surface area contributed by atoms with Gasteiger partial charge in [0.05, 0.1) is 0 Å². The topological polar surface area (TPSA) is 32.3 Å². The van der Waals surface area contributed by atoms with Crippen LogP contribution in [0.25, 0.3) is 0 Å². The predicted molar refractivity (Wildman–Crippen MR) is 112 cm³/mol. The second kappa shape index (κ2) is 7.89. The Morgan fingerprint density at radius 2 is 1.76 bits per heavy atom. The fourth-order valence-electron chi connectivity index (χ4n) is 2.81. The molecule has 0 fully saturated rings. The van der Waals surface area contributed by atoms with E-state index in [-0.39, 0.29) is 5.41 Å². The van der Waals surface area contributed by atoms with Gasteiger partial charge >= 0.3 is 0 Å². The molecule has 0 saturated carbocycles. The molecule has 2 aromatic carbocycles. The monoisotopic (exact) mass is 357 g/mol. The number of aromatic hydroxyl groups is 1. The Morgan fingerprint density at radius 3 is 2.36 bits per heavy atom. The lowest BCUT2D eigenvalue weighted by Crippen LogP contribution is -2.25. The fraction of sp³-hybridized carbons (Fsp3) is 0.455. The second-order valence-corrected chi connectivity index (χ2v) is 9.50. The van der Waals surface area contributed by atoms with E-state index in [1.165, 1.54) is 22.0 Å². The molecule has 3 heteroatoms. The molecule has 2 rings (SSSR count). The average molecular weight is 357 g/mol. The van der Waals surface area contributed by atoms with Crippen molar-refractivity contribution in [3.05, 3.63) is 52.6 Å². The molecule has 0 aliphatic heterocycles. The maximum atomic E-state index is 10.6. The van der Waals surface area contributed by atoms with Gasteiger partial charge < -0.3 is 10.4 Å². The Hall–Kier alpha value is -1.37. The van der Waals surface area contributed by atoms with Crippen molar-refractivity contribution >= 4 is 19.2 Å². The van der Waals surface area contributed by atoms with Crippen LogP contribution >= 0.6 is 8.58 Å². The van der Waals surface area contributed by atoms with Gasteiger partial charge in [0.15, 0.2) is 0 Å². The molecule has 0 aliphatic carbocycles. The first-order valence-electron chi connectivity index (χ1n) is 9.02. The summed E-state index contributed by atoms with van der Waals surface area (Å²) < 4.78 is 0. The fourth-order valence-corrected chi connectivity index (χ4v) is 4.24. The molecule has 0 aliphatic rings. The van der Waals surface area contributed by atoms with E-state index in [1.807, 2.05) is 6.92 Å². The first-order chi connectivity index (χ1) is 11.6. The maximum Gasteiger partial charge on any atom is 0.126 e. The molecule has 1 unspecified atom stereocenters. The van der Waals surface area contributed by atoms with Gasteiger partial charge in [-0.3, -0.25) is 0 Å². The highest BCUT2D eigenvalue weighted by atomic mass is 31.1. The van der Waals surface area contributed by atoms with E-state index < -0.39 is 0 Å². The van der Waals surface area contributed by atoms with Crippen molar-refractivity contribution in [1.82, 2.24) is 5.32 Å². The molecule has 0 bridgehead atoms. The Kier molecular flexibility index (Phi) is 6.30. The van der Waals surface area contributed by atoms with Crippen LogP contribution in [-0.4, -0.2) is 11.1 Å². The Balaban J connectivity index is 2.44. The zero-order valence-corrected chi connectivity index (χ0v) is 17.6. The molecule has 0 saturated heterocycles. The molecule has 2 nitrogen and oxygen atoms in total. The second-order valence-electron chi connectivity index (χ2n) is 8.21. The van der Waals surface area contributed by atoms with Crippen molar-refractivity contribution in [3.63, 3.8) is 0 Å². The van der Waals surface area contributed by atoms with Gasteiger partial charge in [-0.2, -0.15) is 0 Å². The van der Waals surface area contributed by atoms with Crippen LogP contribution in [0.1, 0.15) is 56.9 Å². The molecule has 0 radical (unpaired) electrons.